The number of nitrogens with zero attached hydrogens (tertiary/aromatic N) is 3. The topological polar surface area (TPSA) is 74.2 Å². The van der Waals surface area contributed by atoms with E-state index in [0.29, 0.717) is 17.8 Å². The summed E-state index contributed by atoms with van der Waals surface area (Å²) in [4.78, 5) is 27.3. The largest absolute Gasteiger partial charge is 0.497 e. The summed E-state index contributed by atoms with van der Waals surface area (Å²) in [7, 11) is 1.66. The van der Waals surface area contributed by atoms with Crippen molar-refractivity contribution in [3.63, 3.8) is 0 Å². The number of hydrazone groups is 1. The zero-order chi connectivity index (χ0) is 20.9. The second-order valence-electron chi connectivity index (χ2n) is 7.52. The fourth-order valence-electron chi connectivity index (χ4n) is 3.83. The third kappa shape index (κ3) is 4.45. The SMILES string of the molecule is COc1ccc(N2CCC(NC(=O)C3=NN(c4ccccc4)C(=O)CC3)CC2)cc1. The van der Waals surface area contributed by atoms with Crippen LogP contribution in [-0.4, -0.2) is 43.8 Å². The molecule has 2 aromatic rings. The molecule has 0 atom stereocenters. The van der Waals surface area contributed by atoms with Crippen LogP contribution in [0.25, 0.3) is 0 Å². The van der Waals surface area contributed by atoms with Crippen LogP contribution in [0.1, 0.15) is 25.7 Å². The Morgan fingerprint density at radius 2 is 1.70 bits per heavy atom. The van der Waals surface area contributed by atoms with Gasteiger partial charge in [0, 0.05) is 37.7 Å². The molecule has 2 aromatic carbocycles. The first kappa shape index (κ1) is 19.9. The second-order valence-corrected chi connectivity index (χ2v) is 7.52. The summed E-state index contributed by atoms with van der Waals surface area (Å²) in [6, 6.07) is 17.4. The monoisotopic (exact) mass is 406 g/mol. The molecule has 2 heterocycles. The van der Waals surface area contributed by atoms with Crippen molar-refractivity contribution in [2.24, 2.45) is 5.10 Å². The molecule has 156 valence electrons. The zero-order valence-corrected chi connectivity index (χ0v) is 17.1. The number of para-hydroxylation sites is 1. The second kappa shape index (κ2) is 8.98. The molecule has 2 amide bonds. The number of benzene rings is 2. The van der Waals surface area contributed by atoms with Crippen molar-refractivity contribution in [3.05, 3.63) is 54.6 Å². The Hall–Kier alpha value is -3.35. The molecule has 2 aliphatic rings. The fourth-order valence-corrected chi connectivity index (χ4v) is 3.83. The number of carbonyl (C=O) groups is 2. The number of hydrogen-bond donors (Lipinski definition) is 1. The molecule has 1 saturated heterocycles. The van der Waals surface area contributed by atoms with E-state index in [9.17, 15) is 9.59 Å². The van der Waals surface area contributed by atoms with Crippen molar-refractivity contribution >= 4 is 28.9 Å². The van der Waals surface area contributed by atoms with Gasteiger partial charge in [0.2, 0.25) is 5.91 Å². The molecule has 0 aliphatic carbocycles. The van der Waals surface area contributed by atoms with Gasteiger partial charge >= 0.3 is 0 Å². The number of anilines is 2. The maximum atomic E-state index is 12.8. The number of rotatable bonds is 5. The van der Waals surface area contributed by atoms with Gasteiger partial charge in [-0.25, -0.2) is 5.01 Å². The van der Waals surface area contributed by atoms with E-state index in [1.807, 2.05) is 42.5 Å². The molecular formula is C23H26N4O3. The highest BCUT2D eigenvalue weighted by molar-refractivity contribution is 6.40. The molecule has 4 rings (SSSR count). The normalized spacial score (nSPS) is 17.5. The first-order valence-corrected chi connectivity index (χ1v) is 10.3. The van der Waals surface area contributed by atoms with Crippen molar-refractivity contribution in [2.75, 3.05) is 30.1 Å². The van der Waals surface area contributed by atoms with E-state index in [4.69, 9.17) is 4.74 Å². The molecule has 0 aromatic heterocycles. The molecule has 0 bridgehead atoms. The molecular weight excluding hydrogens is 380 g/mol. The number of carbonyl (C=O) groups excluding carboxylic acids is 2. The third-order valence-corrected chi connectivity index (χ3v) is 5.56. The Kier molecular flexibility index (Phi) is 5.97. The molecule has 30 heavy (non-hydrogen) atoms. The van der Waals surface area contributed by atoms with Crippen molar-refractivity contribution in [1.29, 1.82) is 0 Å². The summed E-state index contributed by atoms with van der Waals surface area (Å²) in [5.74, 6) is 0.578. The predicted octanol–water partition coefficient (Wildman–Crippen LogP) is 2.96. The third-order valence-electron chi connectivity index (χ3n) is 5.56. The summed E-state index contributed by atoms with van der Waals surface area (Å²) in [6.07, 6.45) is 2.40. The summed E-state index contributed by atoms with van der Waals surface area (Å²) in [5.41, 5.74) is 2.26. The highest BCUT2D eigenvalue weighted by Gasteiger charge is 2.28. The van der Waals surface area contributed by atoms with Gasteiger partial charge in [-0.05, 0) is 49.2 Å². The van der Waals surface area contributed by atoms with E-state index in [-0.39, 0.29) is 24.3 Å². The lowest BCUT2D eigenvalue weighted by Gasteiger charge is -2.34. The minimum atomic E-state index is -0.175. The Morgan fingerprint density at radius 1 is 1.00 bits per heavy atom. The average Bonchev–Trinajstić information content (AvgIpc) is 2.80. The minimum absolute atomic E-state index is 0.0921. The molecule has 7 nitrogen and oxygen atoms in total. The van der Waals surface area contributed by atoms with Crippen LogP contribution in [0.5, 0.6) is 5.75 Å². The Bertz CT molecular complexity index is 919. The van der Waals surface area contributed by atoms with Crippen molar-refractivity contribution < 1.29 is 14.3 Å². The van der Waals surface area contributed by atoms with Crippen LogP contribution in [0.2, 0.25) is 0 Å². The minimum Gasteiger partial charge on any atom is -0.497 e. The fraction of sp³-hybridized carbons (Fsp3) is 0.348. The molecule has 2 aliphatic heterocycles. The summed E-state index contributed by atoms with van der Waals surface area (Å²) in [5, 5.41) is 8.79. The standard InChI is InChI=1S/C23H26N4O3/c1-30-20-9-7-18(8-10-20)26-15-13-17(14-16-26)24-23(29)21-11-12-22(28)27(25-21)19-5-3-2-4-6-19/h2-10,17H,11-16H2,1H3,(H,24,29). The van der Waals surface area contributed by atoms with E-state index in [1.54, 1.807) is 7.11 Å². The number of nitrogens with one attached hydrogen (secondary N) is 1. The van der Waals surface area contributed by atoms with Gasteiger partial charge in [0.05, 0.1) is 12.8 Å². The number of hydrogen-bond acceptors (Lipinski definition) is 5. The maximum Gasteiger partial charge on any atom is 0.267 e. The van der Waals surface area contributed by atoms with Crippen LogP contribution < -0.4 is 20.0 Å². The molecule has 1 fully saturated rings. The average molecular weight is 406 g/mol. The summed E-state index contributed by atoms with van der Waals surface area (Å²) >= 11 is 0. The van der Waals surface area contributed by atoms with Crippen LogP contribution in [0.15, 0.2) is 59.7 Å². The van der Waals surface area contributed by atoms with Crippen LogP contribution in [-0.2, 0) is 9.59 Å². The van der Waals surface area contributed by atoms with Crippen LogP contribution in [0.3, 0.4) is 0 Å². The lowest BCUT2D eigenvalue weighted by atomic mass is 10.0. The quantitative estimate of drug-likeness (QED) is 0.829. The highest BCUT2D eigenvalue weighted by atomic mass is 16.5. The molecule has 0 spiro atoms. The first-order valence-electron chi connectivity index (χ1n) is 10.3. The van der Waals surface area contributed by atoms with Gasteiger partial charge in [-0.15, -0.1) is 0 Å². The van der Waals surface area contributed by atoms with Crippen LogP contribution in [0, 0.1) is 0 Å². The van der Waals surface area contributed by atoms with Gasteiger partial charge in [0.25, 0.3) is 5.91 Å². The van der Waals surface area contributed by atoms with Gasteiger partial charge in [-0.2, -0.15) is 5.10 Å². The summed E-state index contributed by atoms with van der Waals surface area (Å²) in [6.45, 7) is 1.75. The maximum absolute atomic E-state index is 12.8. The number of ether oxygens (including phenoxy) is 1. The van der Waals surface area contributed by atoms with Gasteiger partial charge in [0.15, 0.2) is 0 Å². The predicted molar refractivity (Wildman–Crippen MR) is 117 cm³/mol. The lowest BCUT2D eigenvalue weighted by Crippen LogP contribution is -2.48. The Morgan fingerprint density at radius 3 is 2.37 bits per heavy atom. The summed E-state index contributed by atoms with van der Waals surface area (Å²) < 4.78 is 5.22. The van der Waals surface area contributed by atoms with Crippen molar-refractivity contribution in [1.82, 2.24) is 5.32 Å². The highest BCUT2D eigenvalue weighted by Crippen LogP contribution is 2.23. The molecule has 0 radical (unpaired) electrons. The molecule has 1 N–H and O–H groups in total. The molecule has 0 unspecified atom stereocenters. The van der Waals surface area contributed by atoms with E-state index in [2.05, 4.69) is 27.5 Å². The van der Waals surface area contributed by atoms with E-state index < -0.39 is 0 Å². The number of piperidine rings is 1. The lowest BCUT2D eigenvalue weighted by molar-refractivity contribution is -0.119. The first-order chi connectivity index (χ1) is 14.6. The van der Waals surface area contributed by atoms with Crippen LogP contribution in [0.4, 0.5) is 11.4 Å². The number of amides is 2. The number of methoxy groups -OCH3 is 1. The van der Waals surface area contributed by atoms with Gasteiger partial charge in [-0.3, -0.25) is 9.59 Å². The Labute approximate surface area is 176 Å². The molecule has 0 saturated carbocycles. The van der Waals surface area contributed by atoms with E-state index in [0.717, 1.165) is 37.4 Å². The molecule has 7 heteroatoms. The Balaban J connectivity index is 1.34. The van der Waals surface area contributed by atoms with Gasteiger partial charge in [-0.1, -0.05) is 18.2 Å². The van der Waals surface area contributed by atoms with E-state index in [1.165, 1.54) is 5.01 Å². The van der Waals surface area contributed by atoms with Crippen molar-refractivity contribution in [2.45, 2.75) is 31.7 Å². The van der Waals surface area contributed by atoms with Gasteiger partial charge in [0.1, 0.15) is 11.5 Å². The smallest absolute Gasteiger partial charge is 0.267 e. The van der Waals surface area contributed by atoms with E-state index >= 15 is 0 Å². The van der Waals surface area contributed by atoms with Crippen molar-refractivity contribution in [3.8, 4) is 5.75 Å². The zero-order valence-electron chi connectivity index (χ0n) is 17.1. The van der Waals surface area contributed by atoms with Gasteiger partial charge < -0.3 is 15.0 Å². The van der Waals surface area contributed by atoms with Crippen LogP contribution >= 0.6 is 0 Å².